The number of benzene rings is 2. The molecule has 8 heteroatoms. The zero-order valence-corrected chi connectivity index (χ0v) is 14.2. The fourth-order valence-electron chi connectivity index (χ4n) is 1.56. The minimum atomic E-state index is -3.87. The summed E-state index contributed by atoms with van der Waals surface area (Å²) in [7, 11) is -3.87. The molecule has 0 bridgehead atoms. The van der Waals surface area contributed by atoms with Crippen LogP contribution in [0.15, 0.2) is 45.8 Å². The second kappa shape index (κ2) is 6.24. The van der Waals surface area contributed by atoms with E-state index in [-0.39, 0.29) is 20.6 Å². The first-order valence-corrected chi connectivity index (χ1v) is 8.54. The highest BCUT2D eigenvalue weighted by molar-refractivity contribution is 9.10. The van der Waals surface area contributed by atoms with Crippen molar-refractivity contribution in [2.24, 2.45) is 0 Å². The van der Waals surface area contributed by atoms with Gasteiger partial charge in [0.05, 0.1) is 27.4 Å². The molecule has 0 aromatic heterocycles. The topological polar surface area (TPSA) is 70.0 Å². The van der Waals surface area contributed by atoms with E-state index in [0.29, 0.717) is 10.0 Å². The zero-order valence-electron chi connectivity index (χ0n) is 10.3. The Bertz CT molecular complexity index is 848. The van der Waals surface area contributed by atoms with E-state index in [4.69, 9.17) is 28.5 Å². The van der Waals surface area contributed by atoms with Crippen LogP contribution >= 0.6 is 39.1 Å². The van der Waals surface area contributed by atoms with Crippen molar-refractivity contribution in [3.05, 3.63) is 56.5 Å². The fourth-order valence-corrected chi connectivity index (χ4v) is 3.96. The van der Waals surface area contributed by atoms with Crippen LogP contribution in [-0.2, 0) is 10.0 Å². The summed E-state index contributed by atoms with van der Waals surface area (Å²) in [6, 6.07) is 10.6. The number of hydrogen-bond acceptors (Lipinski definition) is 3. The number of anilines is 1. The van der Waals surface area contributed by atoms with Crippen LogP contribution in [0.5, 0.6) is 0 Å². The van der Waals surface area contributed by atoms with Gasteiger partial charge in [0, 0.05) is 4.47 Å². The van der Waals surface area contributed by atoms with Gasteiger partial charge in [-0.15, -0.1) is 0 Å². The van der Waals surface area contributed by atoms with Crippen LogP contribution < -0.4 is 4.72 Å². The Balaban J connectivity index is 2.40. The lowest BCUT2D eigenvalue weighted by Crippen LogP contribution is -2.13. The predicted octanol–water partition coefficient (Wildman–Crippen LogP) is 4.43. The van der Waals surface area contributed by atoms with E-state index in [1.165, 1.54) is 30.3 Å². The van der Waals surface area contributed by atoms with Gasteiger partial charge in [0.1, 0.15) is 4.90 Å². The summed E-state index contributed by atoms with van der Waals surface area (Å²) in [6.07, 6.45) is 0. The lowest BCUT2D eigenvalue weighted by Gasteiger charge is -2.11. The fraction of sp³-hybridized carbons (Fsp3) is 0. The van der Waals surface area contributed by atoms with Crippen molar-refractivity contribution in [1.82, 2.24) is 0 Å². The van der Waals surface area contributed by atoms with Crippen LogP contribution in [0.1, 0.15) is 5.56 Å². The number of sulfonamides is 1. The molecule has 0 amide bonds. The first-order chi connectivity index (χ1) is 9.83. The molecular formula is C13H7BrCl2N2O2S. The second-order valence-corrected chi connectivity index (χ2v) is 7.37. The molecular weight excluding hydrogens is 399 g/mol. The summed E-state index contributed by atoms with van der Waals surface area (Å²) in [6.45, 7) is 0. The molecule has 0 atom stereocenters. The third-order valence-corrected chi connectivity index (χ3v) is 5.18. The summed E-state index contributed by atoms with van der Waals surface area (Å²) in [5.74, 6) is 0. The maximum atomic E-state index is 12.3. The first-order valence-electron chi connectivity index (χ1n) is 5.51. The lowest BCUT2D eigenvalue weighted by molar-refractivity contribution is 0.601. The molecule has 0 saturated carbocycles. The van der Waals surface area contributed by atoms with Gasteiger partial charge in [-0.05, 0) is 36.4 Å². The monoisotopic (exact) mass is 404 g/mol. The Morgan fingerprint density at radius 1 is 1.10 bits per heavy atom. The number of halogens is 3. The predicted molar refractivity (Wildman–Crippen MR) is 86.1 cm³/mol. The van der Waals surface area contributed by atoms with Gasteiger partial charge in [0.2, 0.25) is 0 Å². The van der Waals surface area contributed by atoms with Gasteiger partial charge >= 0.3 is 0 Å². The van der Waals surface area contributed by atoms with E-state index in [2.05, 4.69) is 20.7 Å². The molecule has 0 fully saturated rings. The van der Waals surface area contributed by atoms with Crippen molar-refractivity contribution in [3.63, 3.8) is 0 Å². The van der Waals surface area contributed by atoms with Crippen molar-refractivity contribution in [2.45, 2.75) is 4.90 Å². The van der Waals surface area contributed by atoms with Crippen LogP contribution in [0.3, 0.4) is 0 Å². The normalized spacial score (nSPS) is 11.0. The van der Waals surface area contributed by atoms with Crippen LogP contribution in [-0.4, -0.2) is 8.42 Å². The molecule has 2 aromatic carbocycles. The molecule has 0 saturated heterocycles. The zero-order chi connectivity index (χ0) is 15.6. The molecule has 2 rings (SSSR count). The first kappa shape index (κ1) is 16.1. The molecule has 21 heavy (non-hydrogen) atoms. The van der Waals surface area contributed by atoms with Gasteiger partial charge in [0.25, 0.3) is 10.0 Å². The summed E-state index contributed by atoms with van der Waals surface area (Å²) in [4.78, 5) is -0.0622. The molecule has 1 N–H and O–H groups in total. The molecule has 2 aromatic rings. The molecule has 0 radical (unpaired) electrons. The largest absolute Gasteiger partial charge is 0.278 e. The lowest BCUT2D eigenvalue weighted by atomic mass is 10.2. The molecule has 4 nitrogen and oxygen atoms in total. The van der Waals surface area contributed by atoms with Crippen LogP contribution in [0, 0.1) is 11.3 Å². The molecule has 0 unspecified atom stereocenters. The SMILES string of the molecule is N#Cc1ccc(NS(=O)(=O)c2ccc(Br)cc2Cl)c(Cl)c1. The molecule has 0 aliphatic rings. The van der Waals surface area contributed by atoms with Crippen LogP contribution in [0.4, 0.5) is 5.69 Å². The molecule has 0 aliphatic heterocycles. The van der Waals surface area contributed by atoms with Crippen LogP contribution in [0.25, 0.3) is 0 Å². The van der Waals surface area contributed by atoms with Gasteiger partial charge in [0.15, 0.2) is 0 Å². The Hall–Kier alpha value is -1.26. The summed E-state index contributed by atoms with van der Waals surface area (Å²) < 4.78 is 27.6. The summed E-state index contributed by atoms with van der Waals surface area (Å²) in [5, 5.41) is 8.97. The highest BCUT2D eigenvalue weighted by atomic mass is 79.9. The average Bonchev–Trinajstić information content (AvgIpc) is 2.40. The summed E-state index contributed by atoms with van der Waals surface area (Å²) in [5.41, 5.74) is 0.513. The standard InChI is InChI=1S/C13H7BrCl2N2O2S/c14-9-2-4-13(11(16)6-9)21(19,20)18-12-3-1-8(7-17)5-10(12)15/h1-6,18H. The van der Waals surface area contributed by atoms with Crippen molar-refractivity contribution in [3.8, 4) is 6.07 Å². The highest BCUT2D eigenvalue weighted by Crippen LogP contribution is 2.29. The average molecular weight is 406 g/mol. The van der Waals surface area contributed by atoms with Crippen molar-refractivity contribution < 1.29 is 8.42 Å². The van der Waals surface area contributed by atoms with Crippen molar-refractivity contribution >= 4 is 54.8 Å². The molecule has 0 heterocycles. The van der Waals surface area contributed by atoms with Crippen molar-refractivity contribution in [2.75, 3.05) is 4.72 Å². The van der Waals surface area contributed by atoms with E-state index in [0.717, 1.165) is 0 Å². The second-order valence-electron chi connectivity index (χ2n) is 3.99. The van der Waals surface area contributed by atoms with Gasteiger partial charge in [-0.25, -0.2) is 8.42 Å². The van der Waals surface area contributed by atoms with Crippen LogP contribution in [0.2, 0.25) is 10.0 Å². The van der Waals surface area contributed by atoms with E-state index < -0.39 is 10.0 Å². The number of rotatable bonds is 3. The minimum Gasteiger partial charge on any atom is -0.278 e. The smallest absolute Gasteiger partial charge is 0.263 e. The van der Waals surface area contributed by atoms with E-state index in [9.17, 15) is 8.42 Å². The van der Waals surface area contributed by atoms with E-state index in [1.807, 2.05) is 6.07 Å². The number of nitrogens with zero attached hydrogens (tertiary/aromatic N) is 1. The Morgan fingerprint density at radius 2 is 1.81 bits per heavy atom. The molecule has 0 spiro atoms. The molecule has 108 valence electrons. The van der Waals surface area contributed by atoms with Gasteiger partial charge in [-0.2, -0.15) is 5.26 Å². The Labute approximate surface area is 140 Å². The van der Waals surface area contributed by atoms with Gasteiger partial charge in [-0.3, -0.25) is 4.72 Å². The molecule has 0 aliphatic carbocycles. The van der Waals surface area contributed by atoms with E-state index in [1.54, 1.807) is 6.07 Å². The van der Waals surface area contributed by atoms with Gasteiger partial charge in [-0.1, -0.05) is 39.1 Å². The minimum absolute atomic E-state index is 0.0622. The summed E-state index contributed by atoms with van der Waals surface area (Å²) >= 11 is 15.1. The number of hydrogen-bond donors (Lipinski definition) is 1. The maximum Gasteiger partial charge on any atom is 0.263 e. The van der Waals surface area contributed by atoms with Gasteiger partial charge < -0.3 is 0 Å². The number of nitriles is 1. The Kier molecular flexibility index (Phi) is 4.79. The quantitative estimate of drug-likeness (QED) is 0.820. The highest BCUT2D eigenvalue weighted by Gasteiger charge is 2.19. The van der Waals surface area contributed by atoms with E-state index >= 15 is 0 Å². The third kappa shape index (κ3) is 3.69. The third-order valence-electron chi connectivity index (χ3n) is 2.53. The Morgan fingerprint density at radius 3 is 2.38 bits per heavy atom. The van der Waals surface area contributed by atoms with Crippen molar-refractivity contribution in [1.29, 1.82) is 5.26 Å². The number of nitrogens with one attached hydrogen (secondary N) is 1. The maximum absolute atomic E-state index is 12.3.